The number of hydrogen-bond acceptors (Lipinski definition) is 1. The van der Waals surface area contributed by atoms with E-state index in [4.69, 9.17) is 5.11 Å². The van der Waals surface area contributed by atoms with Gasteiger partial charge in [0.2, 0.25) is 0 Å². The van der Waals surface area contributed by atoms with Crippen LogP contribution in [0.4, 0.5) is 0 Å². The minimum absolute atomic E-state index is 0.298. The van der Waals surface area contributed by atoms with E-state index in [0.29, 0.717) is 6.42 Å². The Bertz CT molecular complexity index is 688. The standard InChI is InChI=1S/C30H44O2/c1-2-3-4-5-6-7-8-9-10-11-12-13-14-15-16-17-18-19-20-21-22-23-24-25-26-27-28-29-30(31)32/h2-8,13-17,22-29H2,1H3,(H,31,32). The molecule has 0 atom stereocenters. The maximum atomic E-state index is 10.4. The first-order valence-corrected chi connectivity index (χ1v) is 12.9. The molecule has 0 aliphatic heterocycles. The topological polar surface area (TPSA) is 37.3 Å². The van der Waals surface area contributed by atoms with Crippen LogP contribution in [-0.4, -0.2) is 11.1 Å². The monoisotopic (exact) mass is 436 g/mol. The van der Waals surface area contributed by atoms with Gasteiger partial charge in [0.25, 0.3) is 0 Å². The van der Waals surface area contributed by atoms with Crippen molar-refractivity contribution in [3.05, 3.63) is 0 Å². The molecular formula is C30H44O2. The number of carboxylic acid groups (broad SMARTS) is 1. The number of rotatable bonds is 18. The van der Waals surface area contributed by atoms with E-state index in [1.165, 1.54) is 51.4 Å². The quantitative estimate of drug-likeness (QED) is 0.175. The molecule has 0 aromatic carbocycles. The molecule has 0 aromatic heterocycles. The number of unbranched alkanes of at least 4 members (excludes halogenated alkanes) is 16. The minimum atomic E-state index is -0.689. The van der Waals surface area contributed by atoms with Gasteiger partial charge in [0.05, 0.1) is 0 Å². The fourth-order valence-electron chi connectivity index (χ4n) is 3.22. The molecule has 0 spiro atoms. The van der Waals surface area contributed by atoms with Gasteiger partial charge in [0.1, 0.15) is 0 Å². The molecule has 0 amide bonds. The second-order valence-electron chi connectivity index (χ2n) is 8.30. The predicted molar refractivity (Wildman–Crippen MR) is 137 cm³/mol. The van der Waals surface area contributed by atoms with Crippen molar-refractivity contribution in [2.75, 3.05) is 0 Å². The van der Waals surface area contributed by atoms with Crippen LogP contribution >= 0.6 is 0 Å². The zero-order valence-corrected chi connectivity index (χ0v) is 20.5. The van der Waals surface area contributed by atoms with Crippen LogP contribution in [0.1, 0.15) is 135 Å². The van der Waals surface area contributed by atoms with Crippen LogP contribution in [0.2, 0.25) is 0 Å². The van der Waals surface area contributed by atoms with Crippen molar-refractivity contribution >= 4 is 5.97 Å². The lowest BCUT2D eigenvalue weighted by Crippen LogP contribution is -1.93. The van der Waals surface area contributed by atoms with Crippen molar-refractivity contribution in [2.45, 2.75) is 135 Å². The molecule has 0 saturated carbocycles. The second kappa shape index (κ2) is 26.7. The second-order valence-corrected chi connectivity index (χ2v) is 8.30. The summed E-state index contributed by atoms with van der Waals surface area (Å²) in [6, 6.07) is 0. The average Bonchev–Trinajstić information content (AvgIpc) is 2.78. The van der Waals surface area contributed by atoms with Gasteiger partial charge in [-0.05, 0) is 55.8 Å². The summed E-state index contributed by atoms with van der Waals surface area (Å²) in [6.07, 6.45) is 21.7. The summed E-state index contributed by atoms with van der Waals surface area (Å²) in [7, 11) is 0. The van der Waals surface area contributed by atoms with E-state index < -0.39 is 5.97 Å². The molecule has 0 fully saturated rings. The average molecular weight is 437 g/mol. The molecule has 2 nitrogen and oxygen atoms in total. The number of carbonyl (C=O) groups is 1. The highest BCUT2D eigenvalue weighted by molar-refractivity contribution is 5.66. The number of hydrogen-bond donors (Lipinski definition) is 1. The zero-order valence-electron chi connectivity index (χ0n) is 20.5. The summed E-state index contributed by atoms with van der Waals surface area (Å²) in [5, 5.41) is 8.57. The Morgan fingerprint density at radius 1 is 0.500 bits per heavy atom. The fourth-order valence-corrected chi connectivity index (χ4v) is 3.22. The van der Waals surface area contributed by atoms with Crippen LogP contribution in [0.3, 0.4) is 0 Å². The van der Waals surface area contributed by atoms with Crippen molar-refractivity contribution in [3.8, 4) is 47.4 Å². The molecule has 0 unspecified atom stereocenters. The summed E-state index contributed by atoms with van der Waals surface area (Å²) in [5.74, 6) is 23.7. The first-order valence-electron chi connectivity index (χ1n) is 12.9. The lowest BCUT2D eigenvalue weighted by Gasteiger charge is -1.98. The Balaban J connectivity index is 3.41. The molecule has 0 saturated heterocycles. The van der Waals surface area contributed by atoms with Crippen LogP contribution in [0.15, 0.2) is 0 Å². The third-order valence-electron chi connectivity index (χ3n) is 5.18. The summed E-state index contributed by atoms with van der Waals surface area (Å²) in [4.78, 5) is 10.4. The van der Waals surface area contributed by atoms with Gasteiger partial charge in [-0.25, -0.2) is 0 Å². The molecule has 0 radical (unpaired) electrons. The van der Waals surface area contributed by atoms with Crippen molar-refractivity contribution in [1.29, 1.82) is 0 Å². The van der Waals surface area contributed by atoms with Crippen LogP contribution in [0.25, 0.3) is 0 Å². The highest BCUT2D eigenvalue weighted by atomic mass is 16.4. The zero-order chi connectivity index (χ0) is 23.4. The molecule has 2 heteroatoms. The molecule has 0 bridgehead atoms. The van der Waals surface area contributed by atoms with Crippen LogP contribution in [-0.2, 0) is 4.79 Å². The van der Waals surface area contributed by atoms with Crippen molar-refractivity contribution in [1.82, 2.24) is 0 Å². The van der Waals surface area contributed by atoms with Crippen LogP contribution < -0.4 is 0 Å². The normalized spacial score (nSPS) is 9.28. The van der Waals surface area contributed by atoms with Gasteiger partial charge in [0, 0.05) is 32.1 Å². The Hall–Kier alpha value is -2.29. The molecule has 32 heavy (non-hydrogen) atoms. The Kier molecular flexibility index (Phi) is 24.8. The van der Waals surface area contributed by atoms with E-state index in [1.807, 2.05) is 0 Å². The highest BCUT2D eigenvalue weighted by Crippen LogP contribution is 2.08. The first-order chi connectivity index (χ1) is 15.8. The molecule has 0 aliphatic carbocycles. The molecule has 0 heterocycles. The Labute approximate surface area is 198 Å². The molecular weight excluding hydrogens is 392 g/mol. The molecule has 0 rings (SSSR count). The van der Waals surface area contributed by atoms with Crippen molar-refractivity contribution in [2.24, 2.45) is 0 Å². The lowest BCUT2D eigenvalue weighted by atomic mass is 10.1. The van der Waals surface area contributed by atoms with Gasteiger partial charge < -0.3 is 5.11 Å². The molecule has 0 aromatic rings. The van der Waals surface area contributed by atoms with E-state index in [2.05, 4.69) is 54.3 Å². The maximum Gasteiger partial charge on any atom is 0.303 e. The summed E-state index contributed by atoms with van der Waals surface area (Å²) >= 11 is 0. The third-order valence-corrected chi connectivity index (χ3v) is 5.18. The van der Waals surface area contributed by atoms with Gasteiger partial charge in [-0.3, -0.25) is 4.79 Å². The van der Waals surface area contributed by atoms with E-state index in [0.717, 1.165) is 70.6 Å². The summed E-state index contributed by atoms with van der Waals surface area (Å²) in [5.41, 5.74) is 0. The minimum Gasteiger partial charge on any atom is -0.481 e. The predicted octanol–water partition coefficient (Wildman–Crippen LogP) is 7.91. The Morgan fingerprint density at radius 3 is 1.19 bits per heavy atom. The van der Waals surface area contributed by atoms with Gasteiger partial charge in [-0.15, -0.1) is 0 Å². The van der Waals surface area contributed by atoms with Crippen LogP contribution in [0, 0.1) is 47.4 Å². The highest BCUT2D eigenvalue weighted by Gasteiger charge is 1.96. The third kappa shape index (κ3) is 27.7. The fraction of sp³-hybridized carbons (Fsp3) is 0.700. The largest absolute Gasteiger partial charge is 0.481 e. The van der Waals surface area contributed by atoms with Gasteiger partial charge >= 0.3 is 5.97 Å². The first kappa shape index (κ1) is 29.7. The van der Waals surface area contributed by atoms with E-state index in [-0.39, 0.29) is 0 Å². The Morgan fingerprint density at radius 2 is 0.812 bits per heavy atom. The van der Waals surface area contributed by atoms with E-state index in [9.17, 15) is 4.79 Å². The maximum absolute atomic E-state index is 10.4. The summed E-state index contributed by atoms with van der Waals surface area (Å²) < 4.78 is 0. The molecule has 0 aliphatic rings. The molecule has 176 valence electrons. The lowest BCUT2D eigenvalue weighted by molar-refractivity contribution is -0.137. The van der Waals surface area contributed by atoms with Crippen LogP contribution in [0.5, 0.6) is 0 Å². The van der Waals surface area contributed by atoms with Gasteiger partial charge in [-0.2, -0.15) is 0 Å². The van der Waals surface area contributed by atoms with Crippen molar-refractivity contribution in [3.63, 3.8) is 0 Å². The van der Waals surface area contributed by atoms with E-state index in [1.54, 1.807) is 0 Å². The smallest absolute Gasteiger partial charge is 0.303 e. The summed E-state index contributed by atoms with van der Waals surface area (Å²) in [6.45, 7) is 2.25. The SMILES string of the molecule is CCCCCCCCC#CC#CCCCCCC#CC#CCCCCCCCCC(=O)O. The van der Waals surface area contributed by atoms with Crippen molar-refractivity contribution < 1.29 is 9.90 Å². The van der Waals surface area contributed by atoms with Gasteiger partial charge in [-0.1, -0.05) is 94.8 Å². The van der Waals surface area contributed by atoms with E-state index >= 15 is 0 Å². The van der Waals surface area contributed by atoms with Gasteiger partial charge in [0.15, 0.2) is 0 Å². The number of aliphatic carboxylic acids is 1. The number of carboxylic acids is 1. The molecule has 1 N–H and O–H groups in total.